The first-order chi connectivity index (χ1) is 12.4. The van der Waals surface area contributed by atoms with Crippen LogP contribution in [-0.4, -0.2) is 20.7 Å². The number of amides is 1. The Morgan fingerprint density at radius 1 is 1.31 bits per heavy atom. The van der Waals surface area contributed by atoms with E-state index in [1.165, 1.54) is 12.1 Å². The summed E-state index contributed by atoms with van der Waals surface area (Å²) in [5.74, 6) is 0.108. The smallest absolute Gasteiger partial charge is 0.240 e. The molecule has 0 saturated heterocycles. The average Bonchev–Trinajstić information content (AvgIpc) is 2.96. The van der Waals surface area contributed by atoms with Gasteiger partial charge in [-0.15, -0.1) is 0 Å². The fourth-order valence-corrected chi connectivity index (χ4v) is 2.93. The van der Waals surface area contributed by atoms with E-state index in [1.54, 1.807) is 16.7 Å². The van der Waals surface area contributed by atoms with Crippen molar-refractivity contribution in [2.24, 2.45) is 0 Å². The van der Waals surface area contributed by atoms with E-state index in [-0.39, 0.29) is 24.3 Å². The van der Waals surface area contributed by atoms with Crippen LogP contribution in [0.2, 0.25) is 0 Å². The molecular formula is C19H19FN4OS. The molecule has 3 rings (SSSR count). The zero-order chi connectivity index (χ0) is 18.7. The minimum absolute atomic E-state index is 0.0458. The van der Waals surface area contributed by atoms with Gasteiger partial charge in [0.15, 0.2) is 10.6 Å². The maximum Gasteiger partial charge on any atom is 0.240 e. The van der Waals surface area contributed by atoms with Gasteiger partial charge in [0, 0.05) is 5.56 Å². The number of benzene rings is 2. The van der Waals surface area contributed by atoms with E-state index in [9.17, 15) is 9.18 Å². The van der Waals surface area contributed by atoms with Crippen molar-refractivity contribution in [1.29, 1.82) is 0 Å². The van der Waals surface area contributed by atoms with Crippen molar-refractivity contribution in [3.63, 3.8) is 0 Å². The van der Waals surface area contributed by atoms with E-state index in [0.29, 0.717) is 10.6 Å². The van der Waals surface area contributed by atoms with E-state index in [0.717, 1.165) is 16.7 Å². The summed E-state index contributed by atoms with van der Waals surface area (Å²) in [5.41, 5.74) is 2.81. The molecular weight excluding hydrogens is 351 g/mol. The Morgan fingerprint density at radius 3 is 2.73 bits per heavy atom. The van der Waals surface area contributed by atoms with Crippen LogP contribution in [0.3, 0.4) is 0 Å². The molecule has 0 bridgehead atoms. The number of aryl methyl sites for hydroxylation is 1. The fourth-order valence-electron chi connectivity index (χ4n) is 2.73. The normalized spacial score (nSPS) is 12.0. The largest absolute Gasteiger partial charge is 0.348 e. The summed E-state index contributed by atoms with van der Waals surface area (Å²) in [6.07, 6.45) is 0. The zero-order valence-corrected chi connectivity index (χ0v) is 15.3. The van der Waals surface area contributed by atoms with Gasteiger partial charge in [-0.2, -0.15) is 5.10 Å². The SMILES string of the molecule is Cc1cccc(-c2n[nH]c(=S)n2CC(=O)N[C@H](C)c2ccc(F)cc2)c1. The molecule has 0 radical (unpaired) electrons. The lowest BCUT2D eigenvalue weighted by Gasteiger charge is -2.15. The van der Waals surface area contributed by atoms with Crippen molar-refractivity contribution in [1.82, 2.24) is 20.1 Å². The third-order valence-electron chi connectivity index (χ3n) is 4.08. The lowest BCUT2D eigenvalue weighted by atomic mass is 10.1. The highest BCUT2D eigenvalue weighted by atomic mass is 32.1. The Morgan fingerprint density at radius 2 is 2.04 bits per heavy atom. The van der Waals surface area contributed by atoms with Crippen molar-refractivity contribution in [2.45, 2.75) is 26.4 Å². The third kappa shape index (κ3) is 4.05. The number of hydrogen-bond acceptors (Lipinski definition) is 3. The summed E-state index contributed by atoms with van der Waals surface area (Å²) in [5, 5.41) is 9.90. The summed E-state index contributed by atoms with van der Waals surface area (Å²) in [6, 6.07) is 13.7. The van der Waals surface area contributed by atoms with Crippen LogP contribution in [-0.2, 0) is 11.3 Å². The average molecular weight is 370 g/mol. The summed E-state index contributed by atoms with van der Waals surface area (Å²) in [6.45, 7) is 3.89. The quantitative estimate of drug-likeness (QED) is 0.669. The van der Waals surface area contributed by atoms with Gasteiger partial charge in [0.05, 0.1) is 6.04 Å². The van der Waals surface area contributed by atoms with Crippen LogP contribution < -0.4 is 5.32 Å². The number of carbonyl (C=O) groups is 1. The summed E-state index contributed by atoms with van der Waals surface area (Å²) in [4.78, 5) is 12.5. The molecule has 0 saturated carbocycles. The first kappa shape index (κ1) is 18.0. The predicted octanol–water partition coefficient (Wildman–Crippen LogP) is 3.93. The molecule has 26 heavy (non-hydrogen) atoms. The molecule has 0 fully saturated rings. The zero-order valence-electron chi connectivity index (χ0n) is 14.5. The van der Waals surface area contributed by atoms with E-state index in [4.69, 9.17) is 12.2 Å². The van der Waals surface area contributed by atoms with Crippen LogP contribution in [0.15, 0.2) is 48.5 Å². The van der Waals surface area contributed by atoms with E-state index in [2.05, 4.69) is 15.5 Å². The van der Waals surface area contributed by atoms with Gasteiger partial charge in [0.2, 0.25) is 5.91 Å². The first-order valence-corrected chi connectivity index (χ1v) is 8.62. The van der Waals surface area contributed by atoms with Crippen molar-refractivity contribution in [3.8, 4) is 11.4 Å². The molecule has 2 N–H and O–H groups in total. The van der Waals surface area contributed by atoms with E-state index in [1.807, 2.05) is 38.1 Å². The monoisotopic (exact) mass is 370 g/mol. The van der Waals surface area contributed by atoms with Crippen LogP contribution >= 0.6 is 12.2 Å². The lowest BCUT2D eigenvalue weighted by Crippen LogP contribution is -2.30. The maximum atomic E-state index is 13.0. The van der Waals surface area contributed by atoms with Gasteiger partial charge in [0.1, 0.15) is 12.4 Å². The molecule has 134 valence electrons. The van der Waals surface area contributed by atoms with Crippen molar-refractivity contribution in [2.75, 3.05) is 0 Å². The standard InChI is InChI=1S/C19H19FN4OS/c1-12-4-3-5-15(10-12)18-22-23-19(26)24(18)11-17(25)21-13(2)14-6-8-16(20)9-7-14/h3-10,13H,11H2,1-2H3,(H,21,25)(H,23,26)/t13-/m1/s1. The van der Waals surface area contributed by atoms with Gasteiger partial charge in [-0.3, -0.25) is 14.5 Å². The van der Waals surface area contributed by atoms with Gasteiger partial charge >= 0.3 is 0 Å². The molecule has 2 aromatic carbocycles. The Bertz CT molecular complexity index is 978. The van der Waals surface area contributed by atoms with E-state index >= 15 is 0 Å². The number of aromatic amines is 1. The second-order valence-electron chi connectivity index (χ2n) is 6.15. The Kier molecular flexibility index (Phi) is 5.27. The molecule has 0 aliphatic carbocycles. The molecule has 3 aromatic rings. The van der Waals surface area contributed by atoms with Crippen molar-refractivity contribution >= 4 is 18.1 Å². The van der Waals surface area contributed by atoms with Gasteiger partial charge in [-0.05, 0) is 49.8 Å². The first-order valence-electron chi connectivity index (χ1n) is 8.21. The number of rotatable bonds is 5. The molecule has 5 nitrogen and oxygen atoms in total. The Labute approximate surface area is 155 Å². The Balaban J connectivity index is 1.76. The molecule has 7 heteroatoms. The number of aromatic nitrogens is 3. The fraction of sp³-hybridized carbons (Fsp3) is 0.211. The topological polar surface area (TPSA) is 62.7 Å². The number of hydrogen-bond donors (Lipinski definition) is 2. The van der Waals surface area contributed by atoms with Crippen LogP contribution in [0.5, 0.6) is 0 Å². The number of nitrogens with one attached hydrogen (secondary N) is 2. The number of H-pyrrole nitrogens is 1. The van der Waals surface area contributed by atoms with Gasteiger partial charge in [-0.1, -0.05) is 35.9 Å². The predicted molar refractivity (Wildman–Crippen MR) is 101 cm³/mol. The van der Waals surface area contributed by atoms with Crippen molar-refractivity contribution < 1.29 is 9.18 Å². The molecule has 1 atom stereocenters. The molecule has 0 aliphatic heterocycles. The molecule has 0 unspecified atom stereocenters. The van der Waals surface area contributed by atoms with Crippen LogP contribution in [0.1, 0.15) is 24.1 Å². The van der Waals surface area contributed by atoms with Gasteiger partial charge < -0.3 is 5.32 Å². The summed E-state index contributed by atoms with van der Waals surface area (Å²) in [7, 11) is 0. The molecule has 0 aliphatic rings. The number of nitrogens with zero attached hydrogens (tertiary/aromatic N) is 2. The molecule has 1 amide bonds. The number of halogens is 1. The van der Waals surface area contributed by atoms with Crippen molar-refractivity contribution in [3.05, 3.63) is 70.2 Å². The number of carbonyl (C=O) groups excluding carboxylic acids is 1. The highest BCUT2D eigenvalue weighted by Crippen LogP contribution is 2.19. The minimum Gasteiger partial charge on any atom is -0.348 e. The second kappa shape index (κ2) is 7.61. The molecule has 1 heterocycles. The highest BCUT2D eigenvalue weighted by molar-refractivity contribution is 7.71. The van der Waals surface area contributed by atoms with Gasteiger partial charge in [0.25, 0.3) is 0 Å². The summed E-state index contributed by atoms with van der Waals surface area (Å²) >= 11 is 5.27. The minimum atomic E-state index is -0.306. The van der Waals surface area contributed by atoms with Crippen LogP contribution in [0, 0.1) is 17.5 Å². The lowest BCUT2D eigenvalue weighted by molar-refractivity contribution is -0.122. The third-order valence-corrected chi connectivity index (χ3v) is 4.40. The highest BCUT2D eigenvalue weighted by Gasteiger charge is 2.15. The summed E-state index contributed by atoms with van der Waals surface area (Å²) < 4.78 is 15.1. The Hall–Kier alpha value is -2.80. The van der Waals surface area contributed by atoms with Crippen LogP contribution in [0.25, 0.3) is 11.4 Å². The maximum absolute atomic E-state index is 13.0. The second-order valence-corrected chi connectivity index (χ2v) is 6.54. The van der Waals surface area contributed by atoms with Crippen LogP contribution in [0.4, 0.5) is 4.39 Å². The van der Waals surface area contributed by atoms with Gasteiger partial charge in [-0.25, -0.2) is 4.39 Å². The van der Waals surface area contributed by atoms with E-state index < -0.39 is 0 Å². The molecule has 0 spiro atoms. The molecule has 1 aromatic heterocycles.